The van der Waals surface area contributed by atoms with E-state index in [1.807, 2.05) is 0 Å². The van der Waals surface area contributed by atoms with Crippen LogP contribution >= 0.6 is 11.6 Å². The van der Waals surface area contributed by atoms with Crippen molar-refractivity contribution in [3.8, 4) is 0 Å². The molecule has 0 unspecified atom stereocenters. The fraction of sp³-hybridized carbons (Fsp3) is 0.500. The van der Waals surface area contributed by atoms with E-state index in [4.69, 9.17) is 11.6 Å². The Morgan fingerprint density at radius 2 is 2.10 bits per heavy atom. The molecular formula is C14H20ClN3O3. The highest BCUT2D eigenvalue weighted by Crippen LogP contribution is 2.22. The molecular weight excluding hydrogens is 294 g/mol. The van der Waals surface area contributed by atoms with Crippen LogP contribution in [0.5, 0.6) is 0 Å². The molecule has 1 N–H and O–H groups in total. The molecule has 0 bridgehead atoms. The predicted octanol–water partition coefficient (Wildman–Crippen LogP) is 2.71. The molecule has 0 aromatic heterocycles. The number of hydrogen-bond donors (Lipinski definition) is 1. The summed E-state index contributed by atoms with van der Waals surface area (Å²) in [6.07, 6.45) is 1.04. The third-order valence-corrected chi connectivity index (χ3v) is 3.34. The monoisotopic (exact) mass is 313 g/mol. The molecule has 1 rings (SSSR count). The van der Waals surface area contributed by atoms with Crippen LogP contribution in [-0.4, -0.2) is 41.9 Å². The Kier molecular flexibility index (Phi) is 7.11. The van der Waals surface area contributed by atoms with Gasteiger partial charge in [-0.2, -0.15) is 0 Å². The molecule has 1 aromatic rings. The van der Waals surface area contributed by atoms with E-state index in [0.717, 1.165) is 19.5 Å². The van der Waals surface area contributed by atoms with Crippen molar-refractivity contribution in [1.29, 1.82) is 0 Å². The van der Waals surface area contributed by atoms with Crippen LogP contribution in [0.15, 0.2) is 18.2 Å². The predicted molar refractivity (Wildman–Crippen MR) is 82.8 cm³/mol. The Morgan fingerprint density at radius 3 is 2.67 bits per heavy atom. The number of carbonyl (C=O) groups excluding carboxylic acids is 1. The Balaban J connectivity index is 2.67. The summed E-state index contributed by atoms with van der Waals surface area (Å²) >= 11 is 5.80. The number of rotatable bonds is 8. The molecule has 21 heavy (non-hydrogen) atoms. The maximum Gasteiger partial charge on any atom is 0.282 e. The quantitative estimate of drug-likeness (QED) is 0.591. The van der Waals surface area contributed by atoms with Crippen molar-refractivity contribution in [2.24, 2.45) is 0 Å². The fourth-order valence-corrected chi connectivity index (χ4v) is 2.19. The smallest absolute Gasteiger partial charge is 0.282 e. The van der Waals surface area contributed by atoms with Gasteiger partial charge in [0.1, 0.15) is 5.56 Å². The van der Waals surface area contributed by atoms with Crippen LogP contribution in [0.4, 0.5) is 5.69 Å². The highest BCUT2D eigenvalue weighted by Gasteiger charge is 2.20. The maximum atomic E-state index is 12.1. The van der Waals surface area contributed by atoms with Crippen molar-refractivity contribution < 1.29 is 9.72 Å². The Bertz CT molecular complexity index is 508. The molecule has 116 valence electrons. The van der Waals surface area contributed by atoms with Crippen LogP contribution < -0.4 is 5.32 Å². The maximum absolute atomic E-state index is 12.1. The second-order valence-corrected chi connectivity index (χ2v) is 5.05. The number of nitrogens with one attached hydrogen (secondary N) is 1. The molecule has 0 saturated carbocycles. The first-order chi connectivity index (χ1) is 9.99. The zero-order valence-corrected chi connectivity index (χ0v) is 13.0. The number of benzene rings is 1. The summed E-state index contributed by atoms with van der Waals surface area (Å²) in [5.74, 6) is -0.475. The van der Waals surface area contributed by atoms with E-state index in [9.17, 15) is 14.9 Å². The lowest BCUT2D eigenvalue weighted by molar-refractivity contribution is -0.385. The van der Waals surface area contributed by atoms with Crippen molar-refractivity contribution in [3.05, 3.63) is 38.9 Å². The van der Waals surface area contributed by atoms with Gasteiger partial charge < -0.3 is 10.2 Å². The molecule has 0 fully saturated rings. The van der Waals surface area contributed by atoms with Gasteiger partial charge in [0.15, 0.2) is 0 Å². The Labute approximate surface area is 129 Å². The molecule has 0 aliphatic heterocycles. The van der Waals surface area contributed by atoms with E-state index in [1.165, 1.54) is 18.2 Å². The normalized spacial score (nSPS) is 10.7. The summed E-state index contributed by atoms with van der Waals surface area (Å²) in [6, 6.07) is 3.96. The number of hydrogen-bond acceptors (Lipinski definition) is 4. The van der Waals surface area contributed by atoms with Gasteiger partial charge in [-0.15, -0.1) is 0 Å². The zero-order valence-electron chi connectivity index (χ0n) is 12.3. The highest BCUT2D eigenvalue weighted by atomic mass is 35.5. The Morgan fingerprint density at radius 1 is 1.38 bits per heavy atom. The van der Waals surface area contributed by atoms with E-state index in [-0.39, 0.29) is 11.3 Å². The van der Waals surface area contributed by atoms with Gasteiger partial charge in [-0.25, -0.2) is 0 Å². The van der Waals surface area contributed by atoms with E-state index in [2.05, 4.69) is 24.1 Å². The SMILES string of the molecule is CCCN(CC)CCNC(=O)c1cc(Cl)ccc1[N+](=O)[O-]. The molecule has 1 aromatic carbocycles. The summed E-state index contributed by atoms with van der Waals surface area (Å²) in [4.78, 5) is 24.6. The van der Waals surface area contributed by atoms with Gasteiger partial charge in [-0.1, -0.05) is 25.4 Å². The van der Waals surface area contributed by atoms with Crippen LogP contribution in [0.2, 0.25) is 5.02 Å². The summed E-state index contributed by atoms with van der Waals surface area (Å²) in [5, 5.41) is 13.9. The minimum absolute atomic E-state index is 0.00830. The highest BCUT2D eigenvalue weighted by molar-refractivity contribution is 6.31. The van der Waals surface area contributed by atoms with Crippen LogP contribution in [0.3, 0.4) is 0 Å². The molecule has 0 aliphatic rings. The lowest BCUT2D eigenvalue weighted by Crippen LogP contribution is -2.35. The molecule has 1 amide bonds. The first kappa shape index (κ1) is 17.4. The number of nitrogens with zero attached hydrogens (tertiary/aromatic N) is 2. The molecule has 0 spiro atoms. The third-order valence-electron chi connectivity index (χ3n) is 3.10. The van der Waals surface area contributed by atoms with Gasteiger partial charge in [-0.05, 0) is 31.6 Å². The number of likely N-dealkylation sites (N-methyl/N-ethyl adjacent to an activating group) is 1. The van der Waals surface area contributed by atoms with Crippen LogP contribution in [0.1, 0.15) is 30.6 Å². The minimum Gasteiger partial charge on any atom is -0.351 e. The van der Waals surface area contributed by atoms with Crippen molar-refractivity contribution in [2.75, 3.05) is 26.2 Å². The average Bonchev–Trinajstić information content (AvgIpc) is 2.45. The van der Waals surface area contributed by atoms with E-state index in [0.29, 0.717) is 18.1 Å². The first-order valence-electron chi connectivity index (χ1n) is 6.94. The largest absolute Gasteiger partial charge is 0.351 e. The van der Waals surface area contributed by atoms with Crippen molar-refractivity contribution in [1.82, 2.24) is 10.2 Å². The summed E-state index contributed by atoms with van der Waals surface area (Å²) < 4.78 is 0. The number of amides is 1. The molecule has 0 radical (unpaired) electrons. The topological polar surface area (TPSA) is 75.5 Å². The Hall–Kier alpha value is -1.66. The van der Waals surface area contributed by atoms with Gasteiger partial charge >= 0.3 is 0 Å². The lowest BCUT2D eigenvalue weighted by atomic mass is 10.1. The second-order valence-electron chi connectivity index (χ2n) is 4.61. The minimum atomic E-state index is -0.583. The second kappa shape index (κ2) is 8.59. The summed E-state index contributed by atoms with van der Waals surface area (Å²) in [6.45, 7) is 7.17. The van der Waals surface area contributed by atoms with E-state index in [1.54, 1.807) is 0 Å². The zero-order chi connectivity index (χ0) is 15.8. The summed E-state index contributed by atoms with van der Waals surface area (Å²) in [5.41, 5.74) is -0.246. The van der Waals surface area contributed by atoms with Crippen molar-refractivity contribution >= 4 is 23.2 Å². The summed E-state index contributed by atoms with van der Waals surface area (Å²) in [7, 11) is 0. The van der Waals surface area contributed by atoms with Crippen LogP contribution in [0, 0.1) is 10.1 Å². The van der Waals surface area contributed by atoms with Crippen LogP contribution in [0.25, 0.3) is 0 Å². The molecule has 0 heterocycles. The van der Waals surface area contributed by atoms with Crippen LogP contribution in [-0.2, 0) is 0 Å². The standard InChI is InChI=1S/C14H20ClN3O3/c1-3-8-17(4-2)9-7-16-14(19)12-10-11(15)5-6-13(12)18(20)21/h5-6,10H,3-4,7-9H2,1-2H3,(H,16,19). The number of halogens is 1. The molecule has 6 nitrogen and oxygen atoms in total. The van der Waals surface area contributed by atoms with Crippen molar-refractivity contribution in [3.63, 3.8) is 0 Å². The van der Waals surface area contributed by atoms with Gasteiger partial charge in [0.05, 0.1) is 4.92 Å². The third kappa shape index (κ3) is 5.32. The number of nitro groups is 1. The number of carbonyl (C=O) groups is 1. The lowest BCUT2D eigenvalue weighted by Gasteiger charge is -2.19. The molecule has 0 saturated heterocycles. The van der Waals surface area contributed by atoms with Crippen molar-refractivity contribution in [2.45, 2.75) is 20.3 Å². The average molecular weight is 314 g/mol. The first-order valence-corrected chi connectivity index (χ1v) is 7.31. The van der Waals surface area contributed by atoms with Gasteiger partial charge in [0.2, 0.25) is 0 Å². The molecule has 0 atom stereocenters. The number of nitro benzene ring substituents is 1. The van der Waals surface area contributed by atoms with Gasteiger partial charge in [0.25, 0.3) is 11.6 Å². The molecule has 7 heteroatoms. The van der Waals surface area contributed by atoms with Gasteiger partial charge in [0, 0.05) is 24.2 Å². The van der Waals surface area contributed by atoms with E-state index < -0.39 is 10.8 Å². The van der Waals surface area contributed by atoms with Gasteiger partial charge in [-0.3, -0.25) is 14.9 Å². The van der Waals surface area contributed by atoms with E-state index >= 15 is 0 Å². The molecule has 0 aliphatic carbocycles. The fourth-order valence-electron chi connectivity index (χ4n) is 2.02.